The predicted molar refractivity (Wildman–Crippen MR) is 183 cm³/mol. The molecule has 0 unspecified atom stereocenters. The van der Waals surface area contributed by atoms with Crippen molar-refractivity contribution in [2.75, 3.05) is 48.8 Å². The fourth-order valence-corrected chi connectivity index (χ4v) is 5.20. The van der Waals surface area contributed by atoms with Gasteiger partial charge in [-0.25, -0.2) is 8.78 Å². The van der Waals surface area contributed by atoms with Crippen molar-refractivity contribution in [2.24, 2.45) is 0 Å². The number of anilines is 4. The average Bonchev–Trinajstić information content (AvgIpc) is 3.88. The van der Waals surface area contributed by atoms with Crippen LogP contribution in [-0.2, 0) is 15.1 Å². The second-order valence-electron chi connectivity index (χ2n) is 11.8. The van der Waals surface area contributed by atoms with Crippen molar-refractivity contribution >= 4 is 52.6 Å². The lowest BCUT2D eigenvalue weighted by Crippen LogP contribution is -2.42. The van der Waals surface area contributed by atoms with Crippen LogP contribution in [0.25, 0.3) is 0 Å². The molecule has 0 spiro atoms. The van der Waals surface area contributed by atoms with Crippen LogP contribution >= 0.6 is 11.6 Å². The second-order valence-corrected chi connectivity index (χ2v) is 12.3. The van der Waals surface area contributed by atoms with Gasteiger partial charge in [0, 0.05) is 47.7 Å². The molecule has 1 saturated carbocycles. The molecule has 0 saturated heterocycles. The number of aromatic nitrogens is 3. The van der Waals surface area contributed by atoms with Crippen molar-refractivity contribution in [3.63, 3.8) is 0 Å². The number of nitrogens with zero attached hydrogens (tertiary/aromatic N) is 4. The van der Waals surface area contributed by atoms with Gasteiger partial charge in [0.2, 0.25) is 11.9 Å². The highest BCUT2D eigenvalue weighted by atomic mass is 35.5. The molecule has 5 N–H and O–H groups in total. The zero-order chi connectivity index (χ0) is 38.2. The smallest absolute Gasteiger partial charge is 0.422 e. The predicted octanol–water partition coefficient (Wildman–Crippen LogP) is 5.17. The van der Waals surface area contributed by atoms with Gasteiger partial charge in [0.1, 0.15) is 11.6 Å². The molecule has 1 aliphatic rings. The number of hydrogen-bond acceptors (Lipinski definition) is 10. The minimum Gasteiger partial charge on any atom is -0.454 e. The van der Waals surface area contributed by atoms with Crippen LogP contribution in [0.4, 0.5) is 45.2 Å². The summed E-state index contributed by atoms with van der Waals surface area (Å²) in [5.74, 6) is -4.74. The molecule has 3 amide bonds. The van der Waals surface area contributed by atoms with Crippen LogP contribution in [-0.4, -0.2) is 81.7 Å². The minimum atomic E-state index is -4.63. The molecule has 1 heterocycles. The summed E-state index contributed by atoms with van der Waals surface area (Å²) in [5, 5.41) is 20.7. The maximum absolute atomic E-state index is 13.4. The van der Waals surface area contributed by atoms with E-state index in [0.29, 0.717) is 29.6 Å². The van der Waals surface area contributed by atoms with E-state index in [4.69, 9.17) is 16.3 Å². The van der Waals surface area contributed by atoms with Gasteiger partial charge in [0.15, 0.2) is 6.61 Å². The number of alkyl halides is 3. The average molecular weight is 763 g/mol. The molecule has 4 aromatic rings. The Hall–Kier alpha value is -5.62. The highest BCUT2D eigenvalue weighted by Gasteiger charge is 2.45. The lowest BCUT2D eigenvalue weighted by atomic mass is 10.1. The number of amides is 3. The number of rotatable bonds is 15. The first-order chi connectivity index (χ1) is 25.2. The molecule has 1 aromatic heterocycles. The zero-order valence-electron chi connectivity index (χ0n) is 27.6. The summed E-state index contributed by atoms with van der Waals surface area (Å²) >= 11 is 6.01. The van der Waals surface area contributed by atoms with Crippen LogP contribution in [0.1, 0.15) is 35.2 Å². The zero-order valence-corrected chi connectivity index (χ0v) is 28.4. The van der Waals surface area contributed by atoms with Gasteiger partial charge in [-0.2, -0.15) is 28.1 Å². The summed E-state index contributed by atoms with van der Waals surface area (Å²) in [7, 11) is 0. The number of aliphatic hydroxyl groups is 1. The molecule has 53 heavy (non-hydrogen) atoms. The molecule has 19 heteroatoms. The van der Waals surface area contributed by atoms with Crippen molar-refractivity contribution < 1.29 is 46.2 Å². The number of ether oxygens (including phenoxy) is 1. The number of aliphatic hydroxyl groups excluding tert-OH is 1. The molecular weight excluding hydrogens is 731 g/mol. The first-order valence-electron chi connectivity index (χ1n) is 16.0. The Morgan fingerprint density at radius 3 is 2.17 bits per heavy atom. The Labute approximate surface area is 303 Å². The van der Waals surface area contributed by atoms with E-state index in [9.17, 15) is 41.4 Å². The Morgan fingerprint density at radius 2 is 1.55 bits per heavy atom. The lowest BCUT2D eigenvalue weighted by molar-refractivity contribution is -0.154. The molecule has 280 valence electrons. The highest BCUT2D eigenvalue weighted by molar-refractivity contribution is 6.39. The van der Waals surface area contributed by atoms with Crippen molar-refractivity contribution in [2.45, 2.75) is 31.0 Å². The molecule has 13 nitrogen and oxygen atoms in total. The summed E-state index contributed by atoms with van der Waals surface area (Å²) in [6.07, 6.45) is -3.02. The van der Waals surface area contributed by atoms with Gasteiger partial charge in [-0.05, 0) is 73.4 Å². The third kappa shape index (κ3) is 11.2. The molecule has 1 fully saturated rings. The van der Waals surface area contributed by atoms with Gasteiger partial charge in [0.25, 0.3) is 5.91 Å². The third-order valence-corrected chi connectivity index (χ3v) is 8.00. The molecule has 5 rings (SSSR count). The van der Waals surface area contributed by atoms with Crippen molar-refractivity contribution in [1.82, 2.24) is 25.2 Å². The van der Waals surface area contributed by atoms with Gasteiger partial charge in [0.05, 0.1) is 12.1 Å². The van der Waals surface area contributed by atoms with E-state index >= 15 is 0 Å². The molecule has 0 bridgehead atoms. The minimum absolute atomic E-state index is 0.0232. The summed E-state index contributed by atoms with van der Waals surface area (Å²) < 4.78 is 70.4. The summed E-state index contributed by atoms with van der Waals surface area (Å²) in [6, 6.07) is 14.8. The normalized spacial score (nSPS) is 13.1. The SMILES string of the molecule is O=C(Nc1cc(F)cc(F)c1)C(=O)N(CCO)CCCNC(=O)c1ccc(Nc2nc(NC3(c4ccc(Cl)cc4)CC3)nc(OCC(F)(F)F)n2)cc1. The van der Waals surface area contributed by atoms with Crippen LogP contribution in [0.2, 0.25) is 5.02 Å². The van der Waals surface area contributed by atoms with E-state index in [1.54, 1.807) is 12.1 Å². The Kier molecular flexibility index (Phi) is 12.2. The molecule has 3 aromatic carbocycles. The Bertz CT molecular complexity index is 1910. The van der Waals surface area contributed by atoms with Gasteiger partial charge in [-0.15, -0.1) is 0 Å². The van der Waals surface area contributed by atoms with E-state index < -0.39 is 60.3 Å². The third-order valence-electron chi connectivity index (χ3n) is 7.74. The first-order valence-corrected chi connectivity index (χ1v) is 16.4. The van der Waals surface area contributed by atoms with Gasteiger partial charge >= 0.3 is 24.0 Å². The van der Waals surface area contributed by atoms with E-state index in [1.807, 2.05) is 12.1 Å². The topological polar surface area (TPSA) is 171 Å². The van der Waals surface area contributed by atoms with E-state index in [2.05, 4.69) is 36.2 Å². The monoisotopic (exact) mass is 762 g/mol. The number of hydrogen-bond donors (Lipinski definition) is 5. The largest absolute Gasteiger partial charge is 0.454 e. The maximum Gasteiger partial charge on any atom is 0.422 e. The molecular formula is C34H32ClF5N8O5. The fourth-order valence-electron chi connectivity index (χ4n) is 5.07. The summed E-state index contributed by atoms with van der Waals surface area (Å²) in [4.78, 5) is 51.1. The summed E-state index contributed by atoms with van der Waals surface area (Å²) in [6.45, 7) is -2.25. The van der Waals surface area contributed by atoms with Gasteiger partial charge in [-0.3, -0.25) is 14.4 Å². The second kappa shape index (κ2) is 16.8. The number of carbonyl (C=O) groups is 3. The lowest BCUT2D eigenvalue weighted by Gasteiger charge is -2.21. The van der Waals surface area contributed by atoms with Crippen LogP contribution in [0.3, 0.4) is 0 Å². The molecule has 0 radical (unpaired) electrons. The summed E-state index contributed by atoms with van der Waals surface area (Å²) in [5.41, 5.74) is 0.712. The molecule has 0 aliphatic heterocycles. The number of carbonyl (C=O) groups excluding carboxylic acids is 3. The number of benzene rings is 3. The van der Waals surface area contributed by atoms with Crippen molar-refractivity contribution in [3.05, 3.63) is 94.5 Å². The van der Waals surface area contributed by atoms with E-state index in [0.717, 1.165) is 22.6 Å². The fraction of sp³-hybridized carbons (Fsp3) is 0.294. The standard InChI is InChI=1S/C34H32ClF5N8O5/c35-22-6-4-21(5-7-22)33(10-11-33)47-31-44-30(45-32(46-31)53-19-34(38,39)40)43-25-8-2-20(3-9-25)27(50)41-12-1-13-48(14-15-49)29(52)28(51)42-26-17-23(36)16-24(37)18-26/h2-9,16-18,49H,1,10-15,19H2,(H,41,50)(H,42,51)(H2,43,44,45,46,47). The van der Waals surface area contributed by atoms with Gasteiger partial charge in [-0.1, -0.05) is 23.7 Å². The Morgan fingerprint density at radius 1 is 0.887 bits per heavy atom. The van der Waals surface area contributed by atoms with Crippen LogP contribution < -0.4 is 26.0 Å². The van der Waals surface area contributed by atoms with Gasteiger partial charge < -0.3 is 36.0 Å². The Balaban J connectivity index is 1.16. The quantitative estimate of drug-likeness (QED) is 0.0619. The van der Waals surface area contributed by atoms with Crippen LogP contribution in [0.15, 0.2) is 66.7 Å². The first kappa shape index (κ1) is 38.6. The van der Waals surface area contributed by atoms with Crippen molar-refractivity contribution in [3.8, 4) is 6.01 Å². The van der Waals surface area contributed by atoms with Crippen molar-refractivity contribution in [1.29, 1.82) is 0 Å². The van der Waals surface area contributed by atoms with Crippen LogP contribution in [0.5, 0.6) is 6.01 Å². The van der Waals surface area contributed by atoms with Crippen LogP contribution in [0, 0.1) is 11.6 Å². The maximum atomic E-state index is 13.4. The molecule has 0 atom stereocenters. The van der Waals surface area contributed by atoms with E-state index in [1.165, 1.54) is 24.3 Å². The van der Waals surface area contributed by atoms with E-state index in [-0.39, 0.29) is 49.2 Å². The number of nitrogens with one attached hydrogen (secondary N) is 4. The number of halogens is 6. The highest BCUT2D eigenvalue weighted by Crippen LogP contribution is 2.48. The molecule has 1 aliphatic carbocycles.